The van der Waals surface area contributed by atoms with E-state index in [-0.39, 0.29) is 18.3 Å². The summed E-state index contributed by atoms with van der Waals surface area (Å²) in [6.45, 7) is 5.69. The van der Waals surface area contributed by atoms with Crippen molar-refractivity contribution in [2.24, 2.45) is 5.92 Å². The largest absolute Gasteiger partial charge is 0.368 e. The molecule has 0 bridgehead atoms. The highest BCUT2D eigenvalue weighted by Gasteiger charge is 2.43. The van der Waals surface area contributed by atoms with E-state index < -0.39 is 5.60 Å². The molecule has 1 aliphatic carbocycles. The lowest BCUT2D eigenvalue weighted by molar-refractivity contribution is -0.158. The third kappa shape index (κ3) is 4.07. The van der Waals surface area contributed by atoms with Crippen LogP contribution < -0.4 is 5.32 Å². The zero-order valence-electron chi connectivity index (χ0n) is 12.1. The van der Waals surface area contributed by atoms with Gasteiger partial charge in [-0.2, -0.15) is 0 Å². The average molecular weight is 291 g/mol. The Morgan fingerprint density at radius 3 is 2.47 bits per heavy atom. The van der Waals surface area contributed by atoms with Crippen molar-refractivity contribution in [1.29, 1.82) is 0 Å². The van der Waals surface area contributed by atoms with Crippen LogP contribution in [-0.4, -0.2) is 49.7 Å². The molecule has 0 aromatic carbocycles. The fourth-order valence-electron chi connectivity index (χ4n) is 2.78. The lowest BCUT2D eigenvalue weighted by Gasteiger charge is -2.39. The zero-order chi connectivity index (χ0) is 13.0. The van der Waals surface area contributed by atoms with E-state index in [1.54, 1.807) is 7.11 Å². The number of nitrogens with one attached hydrogen (secondary N) is 1. The quantitative estimate of drug-likeness (QED) is 0.811. The predicted molar refractivity (Wildman–Crippen MR) is 78.7 cm³/mol. The molecule has 0 aromatic heterocycles. The fraction of sp³-hybridized carbons (Fsp3) is 0.929. The molecule has 0 unspecified atom stereocenters. The number of halogens is 1. The summed E-state index contributed by atoms with van der Waals surface area (Å²) < 4.78 is 5.64. The number of methoxy groups -OCH3 is 1. The van der Waals surface area contributed by atoms with Gasteiger partial charge in [-0.3, -0.25) is 4.79 Å². The Balaban J connectivity index is 0.00000180. The molecule has 2 fully saturated rings. The second kappa shape index (κ2) is 7.46. The molecule has 1 saturated heterocycles. The van der Waals surface area contributed by atoms with E-state index in [1.807, 2.05) is 4.90 Å². The summed E-state index contributed by atoms with van der Waals surface area (Å²) in [5.74, 6) is 0.969. The Hall–Kier alpha value is -0.320. The van der Waals surface area contributed by atoms with Crippen LogP contribution >= 0.6 is 12.4 Å². The molecule has 0 spiro atoms. The molecule has 1 heterocycles. The predicted octanol–water partition coefficient (Wildman–Crippen LogP) is 1.83. The normalized spacial score (nSPS) is 21.6. The molecule has 1 saturated carbocycles. The van der Waals surface area contributed by atoms with Crippen LogP contribution in [0.1, 0.15) is 39.0 Å². The highest BCUT2D eigenvalue weighted by molar-refractivity contribution is 5.85. The number of hydrogen-bond donors (Lipinski definition) is 1. The first-order valence-corrected chi connectivity index (χ1v) is 7.27. The van der Waals surface area contributed by atoms with E-state index in [0.717, 1.165) is 51.4 Å². The summed E-state index contributed by atoms with van der Waals surface area (Å²) in [5, 5.41) is 3.30. The van der Waals surface area contributed by atoms with Gasteiger partial charge in [0.25, 0.3) is 5.91 Å². The molecule has 0 radical (unpaired) electrons. The minimum absolute atomic E-state index is 0. The van der Waals surface area contributed by atoms with Gasteiger partial charge in [-0.25, -0.2) is 0 Å². The summed E-state index contributed by atoms with van der Waals surface area (Å²) in [5.41, 5.74) is -0.560. The molecule has 4 nitrogen and oxygen atoms in total. The molecule has 112 valence electrons. The minimum Gasteiger partial charge on any atom is -0.368 e. The second-order valence-electron chi connectivity index (χ2n) is 5.64. The SMILES string of the molecule is CCCN(CC1CC1)C(=O)C1(OC)CCNCC1.Cl. The number of carbonyl (C=O) groups is 1. The molecule has 0 atom stereocenters. The van der Waals surface area contributed by atoms with Gasteiger partial charge in [0, 0.05) is 20.2 Å². The van der Waals surface area contributed by atoms with Crippen molar-refractivity contribution in [2.75, 3.05) is 33.3 Å². The van der Waals surface area contributed by atoms with Gasteiger partial charge < -0.3 is 15.0 Å². The van der Waals surface area contributed by atoms with Crippen molar-refractivity contribution in [2.45, 2.75) is 44.6 Å². The summed E-state index contributed by atoms with van der Waals surface area (Å²) in [6, 6.07) is 0. The molecule has 2 aliphatic rings. The van der Waals surface area contributed by atoms with Crippen molar-refractivity contribution in [3.63, 3.8) is 0 Å². The van der Waals surface area contributed by atoms with Crippen LogP contribution in [0.15, 0.2) is 0 Å². The number of piperidine rings is 1. The third-order valence-electron chi connectivity index (χ3n) is 4.15. The van der Waals surface area contributed by atoms with Crippen LogP contribution in [0.4, 0.5) is 0 Å². The number of carbonyl (C=O) groups excluding carboxylic acids is 1. The monoisotopic (exact) mass is 290 g/mol. The van der Waals surface area contributed by atoms with Crippen LogP contribution in [0.5, 0.6) is 0 Å². The Labute approximate surface area is 122 Å². The van der Waals surface area contributed by atoms with Crippen molar-refractivity contribution in [3.05, 3.63) is 0 Å². The number of nitrogens with zero attached hydrogens (tertiary/aromatic N) is 1. The van der Waals surface area contributed by atoms with Crippen molar-refractivity contribution in [1.82, 2.24) is 10.2 Å². The minimum atomic E-state index is -0.560. The topological polar surface area (TPSA) is 41.6 Å². The summed E-state index contributed by atoms with van der Waals surface area (Å²) in [4.78, 5) is 14.8. The molecule has 1 N–H and O–H groups in total. The maximum absolute atomic E-state index is 12.8. The summed E-state index contributed by atoms with van der Waals surface area (Å²) in [7, 11) is 1.68. The maximum atomic E-state index is 12.8. The lowest BCUT2D eigenvalue weighted by Crippen LogP contribution is -2.55. The van der Waals surface area contributed by atoms with Gasteiger partial charge in [0.2, 0.25) is 0 Å². The van der Waals surface area contributed by atoms with Gasteiger partial charge in [-0.1, -0.05) is 6.92 Å². The summed E-state index contributed by atoms with van der Waals surface area (Å²) >= 11 is 0. The first-order valence-electron chi connectivity index (χ1n) is 7.27. The van der Waals surface area contributed by atoms with E-state index in [9.17, 15) is 4.79 Å². The lowest BCUT2D eigenvalue weighted by atomic mass is 9.90. The van der Waals surface area contributed by atoms with E-state index in [2.05, 4.69) is 12.2 Å². The zero-order valence-corrected chi connectivity index (χ0v) is 12.9. The third-order valence-corrected chi connectivity index (χ3v) is 4.15. The Morgan fingerprint density at radius 1 is 1.37 bits per heavy atom. The Bertz CT molecular complexity index is 289. The van der Waals surface area contributed by atoms with Gasteiger partial charge in [0.05, 0.1) is 0 Å². The van der Waals surface area contributed by atoms with Crippen LogP contribution in [-0.2, 0) is 9.53 Å². The highest BCUT2D eigenvalue weighted by atomic mass is 35.5. The molecule has 0 aromatic rings. The van der Waals surface area contributed by atoms with Crippen LogP contribution in [0.2, 0.25) is 0 Å². The van der Waals surface area contributed by atoms with Crippen molar-refractivity contribution < 1.29 is 9.53 Å². The Morgan fingerprint density at radius 2 is 2.00 bits per heavy atom. The Kier molecular flexibility index (Phi) is 6.57. The highest BCUT2D eigenvalue weighted by Crippen LogP contribution is 2.32. The summed E-state index contributed by atoms with van der Waals surface area (Å²) in [6.07, 6.45) is 5.20. The molecule has 1 amide bonds. The van der Waals surface area contributed by atoms with E-state index in [0.29, 0.717) is 0 Å². The van der Waals surface area contributed by atoms with Crippen LogP contribution in [0, 0.1) is 5.92 Å². The van der Waals surface area contributed by atoms with E-state index >= 15 is 0 Å². The number of ether oxygens (including phenoxy) is 1. The first-order chi connectivity index (χ1) is 8.72. The van der Waals surface area contributed by atoms with Crippen LogP contribution in [0.3, 0.4) is 0 Å². The van der Waals surface area contributed by atoms with Gasteiger partial charge in [-0.05, 0) is 51.1 Å². The van der Waals surface area contributed by atoms with Crippen molar-refractivity contribution in [3.8, 4) is 0 Å². The molecule has 5 heteroatoms. The fourth-order valence-corrected chi connectivity index (χ4v) is 2.78. The first kappa shape index (κ1) is 16.7. The van der Waals surface area contributed by atoms with Gasteiger partial charge in [-0.15, -0.1) is 12.4 Å². The molecule has 1 aliphatic heterocycles. The van der Waals surface area contributed by atoms with Crippen molar-refractivity contribution >= 4 is 18.3 Å². The number of hydrogen-bond acceptors (Lipinski definition) is 3. The second-order valence-corrected chi connectivity index (χ2v) is 5.64. The van der Waals surface area contributed by atoms with Gasteiger partial charge >= 0.3 is 0 Å². The molecular weight excluding hydrogens is 264 g/mol. The smallest absolute Gasteiger partial charge is 0.254 e. The maximum Gasteiger partial charge on any atom is 0.254 e. The standard InChI is InChI=1S/C14H26N2O2.ClH/c1-3-10-16(11-12-4-5-12)13(17)14(18-2)6-8-15-9-7-14;/h12,15H,3-11H2,1-2H3;1H. The van der Waals surface area contributed by atoms with Gasteiger partial charge in [0.1, 0.15) is 5.60 Å². The molecule has 2 rings (SSSR count). The molecular formula is C14H27ClN2O2. The number of rotatable bonds is 6. The van der Waals surface area contributed by atoms with Gasteiger partial charge in [0.15, 0.2) is 0 Å². The van der Waals surface area contributed by atoms with Crippen LogP contribution in [0.25, 0.3) is 0 Å². The molecule has 19 heavy (non-hydrogen) atoms. The average Bonchev–Trinajstić information content (AvgIpc) is 3.22. The van der Waals surface area contributed by atoms with E-state index in [4.69, 9.17) is 4.74 Å². The van der Waals surface area contributed by atoms with E-state index in [1.165, 1.54) is 12.8 Å². The number of amides is 1.